The fourth-order valence-corrected chi connectivity index (χ4v) is 15.5. The van der Waals surface area contributed by atoms with Gasteiger partial charge in [-0.15, -0.1) is 21.5 Å². The number of fused-ring (bicyclic) bond motifs is 3. The number of carbonyl (C=O) groups is 9. The fraction of sp³-hybridized carbons (Fsp3) is 0.519. The van der Waals surface area contributed by atoms with E-state index in [0.29, 0.717) is 89.1 Å². The van der Waals surface area contributed by atoms with Crippen molar-refractivity contribution < 1.29 is 66.8 Å². The number of unbranched alkanes of at least 4 members (excludes halogenated alkanes) is 2. The number of anilines is 4. The van der Waals surface area contributed by atoms with Gasteiger partial charge in [-0.2, -0.15) is 0 Å². The number of aryl methyl sites for hydroxylation is 7. The third-order valence-electron chi connectivity index (χ3n) is 20.8. The molecule has 0 spiro atoms. The van der Waals surface area contributed by atoms with E-state index in [9.17, 15) is 43.2 Å². The molecule has 8 aromatic rings. The second-order valence-corrected chi connectivity index (χ2v) is 31.5. The molecule has 0 bridgehead atoms. The Morgan fingerprint density at radius 1 is 0.496 bits per heavy atom. The van der Waals surface area contributed by atoms with Crippen LogP contribution in [0.25, 0.3) is 5.00 Å². The van der Waals surface area contributed by atoms with Crippen molar-refractivity contribution in [1.82, 2.24) is 93.8 Å². The molecule has 9 N–H and O–H groups in total. The number of imidazole rings is 3. The van der Waals surface area contributed by atoms with Gasteiger partial charge in [-0.05, 0) is 82.8 Å². The van der Waals surface area contributed by atoms with E-state index < -0.39 is 47.4 Å². The average Bonchev–Trinajstić information content (AvgIpc) is 1.59. The first kappa shape index (κ1) is 90.9. The van der Waals surface area contributed by atoms with Crippen LogP contribution in [0.3, 0.4) is 0 Å². The van der Waals surface area contributed by atoms with Crippen molar-refractivity contribution in [1.29, 1.82) is 0 Å². The van der Waals surface area contributed by atoms with Crippen molar-refractivity contribution in [2.24, 2.45) is 40.2 Å². The number of nitrogens with zero attached hydrogens (tertiary/aromatic N) is 15. The molecule has 121 heavy (non-hydrogen) atoms. The van der Waals surface area contributed by atoms with Gasteiger partial charge in [0.15, 0.2) is 23.3 Å². The zero-order valence-corrected chi connectivity index (χ0v) is 71.5. The molecule has 2 saturated heterocycles. The largest absolute Gasteiger partial charge is 0.378 e. The van der Waals surface area contributed by atoms with Crippen molar-refractivity contribution >= 4 is 105 Å². The van der Waals surface area contributed by atoms with Crippen LogP contribution in [-0.4, -0.2) is 283 Å². The van der Waals surface area contributed by atoms with Crippen LogP contribution in [-0.2, 0) is 78.1 Å². The Morgan fingerprint density at radius 2 is 0.992 bits per heavy atom. The van der Waals surface area contributed by atoms with E-state index in [1.165, 1.54) is 60.1 Å². The number of aliphatic imine (C=N–C) groups is 1. The Labute approximate surface area is 710 Å². The monoisotopic (exact) mass is 1710 g/mol. The van der Waals surface area contributed by atoms with Gasteiger partial charge in [0.05, 0.1) is 89.6 Å². The summed E-state index contributed by atoms with van der Waals surface area (Å²) < 4.78 is 38.3. The Balaban J connectivity index is 0.442. The van der Waals surface area contributed by atoms with Gasteiger partial charge in [-0.25, -0.2) is 15.0 Å². The molecule has 1 atom stereocenters. The minimum atomic E-state index is -0.631. The number of rotatable bonds is 46. The summed E-state index contributed by atoms with van der Waals surface area (Å²) in [5.74, 6) is -1.96. The molecule has 2 fully saturated rings. The first-order valence-electron chi connectivity index (χ1n) is 40.8. The molecule has 0 saturated carbocycles. The van der Waals surface area contributed by atoms with Gasteiger partial charge < -0.3 is 104 Å². The van der Waals surface area contributed by atoms with Crippen LogP contribution in [0.1, 0.15) is 150 Å². The zero-order valence-electron chi connectivity index (χ0n) is 69.9. The van der Waals surface area contributed by atoms with Gasteiger partial charge in [0.25, 0.3) is 29.5 Å². The standard InChI is InChI=1S/C81H111ClN24O14S/c1-53-54(2)121-81-70(53)71(56-12-14-57(82)15-13-56)91-61(72-97-96-55(3)106(72)81)48-69(110)88-58-19-27-104(28-20-58)34-36-116-38-40-118-42-44-120-45-43-119-41-39-117-37-35-105-32-30-103(31-33-105)26-11-9-10-21-83-66(107)16-22-87-78(113)74-94-64(51-101(74)7)92-67(108)17-23-86-77(112)63-47-60(50-100(63)6)90-80(115)75-95-65(52-102(75)8)93-68(109)18-24-85-76(111)62-46-59(49-99(62)5)89-79(114)73-84-25-29-98(73)4/h12-15,25,29,46-47,49-52,58,61H,9-11,16-24,26-28,30-45,48H2,1-8H3,(H,83,107)(H,85,111)(H,86,112)(H,87,113)(H,88,110)(H,89,114)(H,90,115)(H,92,108)(H,93,109)/t61-/m0/s1. The summed E-state index contributed by atoms with van der Waals surface area (Å²) in [6.45, 7) is 20.3. The van der Waals surface area contributed by atoms with E-state index in [2.05, 4.69) is 106 Å². The first-order valence-corrected chi connectivity index (χ1v) is 42.0. The number of hydrogen-bond acceptors (Lipinski definition) is 24. The van der Waals surface area contributed by atoms with E-state index in [1.807, 2.05) is 31.2 Å². The summed E-state index contributed by atoms with van der Waals surface area (Å²) in [5.41, 5.74) is 5.04. The molecule has 652 valence electrons. The van der Waals surface area contributed by atoms with Crippen molar-refractivity contribution in [3.05, 3.63) is 141 Å². The smallest absolute Gasteiger partial charge is 0.291 e. The zero-order chi connectivity index (χ0) is 85.9. The second-order valence-electron chi connectivity index (χ2n) is 29.9. The fourth-order valence-electron chi connectivity index (χ4n) is 14.1. The Morgan fingerprint density at radius 3 is 1.53 bits per heavy atom. The molecule has 3 aliphatic rings. The second kappa shape index (κ2) is 45.1. The highest BCUT2D eigenvalue weighted by atomic mass is 35.5. The lowest BCUT2D eigenvalue weighted by Crippen LogP contribution is -2.47. The van der Waals surface area contributed by atoms with E-state index in [-0.39, 0.29) is 109 Å². The van der Waals surface area contributed by atoms with Crippen LogP contribution in [0, 0.1) is 20.8 Å². The SMILES string of the molecule is Cc1sc2c(c1C)C(c1ccc(Cl)cc1)=N[C@@H](CC(=O)NC1CCN(CCOCCOCCOCCOCCOCCN3CCN(CCCCCNC(=O)CCNC(=O)c4nc(NC(=O)CCNC(=O)c5cc(NC(=O)c6nc(NC(=O)CCNC(=O)c7cc(NC(=O)c8nccn8C)cn7C)cn6C)cn5C)cn4C)CC3)CC1)c1nnc(C)n1-2. The lowest BCUT2D eigenvalue weighted by atomic mass is 9.99. The molecule has 3 aliphatic heterocycles. The van der Waals surface area contributed by atoms with Crippen LogP contribution in [0.4, 0.5) is 23.0 Å². The number of halogens is 1. The first-order chi connectivity index (χ1) is 58.4. The van der Waals surface area contributed by atoms with Gasteiger partial charge in [0.1, 0.15) is 28.3 Å². The molecule has 10 heterocycles. The molecule has 11 rings (SSSR count). The number of benzene rings is 1. The number of hydrogen-bond donors (Lipinski definition) is 9. The summed E-state index contributed by atoms with van der Waals surface area (Å²) in [6, 6.07) is 10.2. The van der Waals surface area contributed by atoms with Gasteiger partial charge in [0, 0.05) is 197 Å². The number of aromatic nitrogens is 11. The number of thiophene rings is 1. The molecule has 40 heteroatoms. The number of piperazine rings is 1. The van der Waals surface area contributed by atoms with Crippen LogP contribution in [0.15, 0.2) is 78.6 Å². The molecule has 7 aromatic heterocycles. The van der Waals surface area contributed by atoms with Crippen molar-refractivity contribution in [3.8, 4) is 5.00 Å². The molecule has 0 aliphatic carbocycles. The summed E-state index contributed by atoms with van der Waals surface area (Å²) in [4.78, 5) is 143. The molecule has 0 unspecified atom stereocenters. The number of carbonyl (C=O) groups excluding carboxylic acids is 9. The Kier molecular flexibility index (Phi) is 33.9. The highest BCUT2D eigenvalue weighted by molar-refractivity contribution is 7.15. The van der Waals surface area contributed by atoms with Crippen LogP contribution in [0.2, 0.25) is 5.02 Å². The van der Waals surface area contributed by atoms with Crippen LogP contribution >= 0.6 is 22.9 Å². The molecule has 9 amide bonds. The van der Waals surface area contributed by atoms with E-state index in [4.69, 9.17) is 40.3 Å². The Hall–Kier alpha value is -10.9. The van der Waals surface area contributed by atoms with Crippen LogP contribution in [0.5, 0.6) is 0 Å². The minimum Gasteiger partial charge on any atom is -0.378 e. The molecule has 38 nitrogen and oxygen atoms in total. The maximum Gasteiger partial charge on any atom is 0.291 e. The topological polar surface area (TPSA) is 424 Å². The molecule has 1 aromatic carbocycles. The van der Waals surface area contributed by atoms with Crippen molar-refractivity contribution in [3.63, 3.8) is 0 Å². The van der Waals surface area contributed by atoms with Gasteiger partial charge >= 0.3 is 0 Å². The number of amides is 9. The van der Waals surface area contributed by atoms with Gasteiger partial charge in [-0.3, -0.25) is 57.6 Å². The van der Waals surface area contributed by atoms with Gasteiger partial charge in [-0.1, -0.05) is 30.2 Å². The normalized spacial score (nSPS) is 14.5. The van der Waals surface area contributed by atoms with E-state index in [1.54, 1.807) is 63.5 Å². The average molecular weight is 1710 g/mol. The summed E-state index contributed by atoms with van der Waals surface area (Å²) in [5, 5.41) is 35.6. The maximum atomic E-state index is 13.7. The number of ether oxygens (including phenoxy) is 5. The third-order valence-corrected chi connectivity index (χ3v) is 22.3. The number of likely N-dealkylation sites (tertiary alicyclic amines) is 1. The lowest BCUT2D eigenvalue weighted by Gasteiger charge is -2.34. The number of nitrogens with one attached hydrogen (secondary N) is 9. The number of piperidine rings is 1. The van der Waals surface area contributed by atoms with Crippen molar-refractivity contribution in [2.45, 2.75) is 90.6 Å². The van der Waals surface area contributed by atoms with Crippen LogP contribution < -0.4 is 47.9 Å². The summed E-state index contributed by atoms with van der Waals surface area (Å²) in [6.07, 6.45) is 13.7. The highest BCUT2D eigenvalue weighted by Gasteiger charge is 2.34. The van der Waals surface area contributed by atoms with Gasteiger partial charge in [0.2, 0.25) is 35.3 Å². The predicted octanol–water partition coefficient (Wildman–Crippen LogP) is 4.48. The third kappa shape index (κ3) is 26.6. The van der Waals surface area contributed by atoms with E-state index in [0.717, 1.165) is 124 Å². The molecular weight excluding hydrogens is 1600 g/mol. The molecular formula is C81H111ClN24O14S. The van der Waals surface area contributed by atoms with Crippen molar-refractivity contribution in [2.75, 3.05) is 172 Å². The Bertz CT molecular complexity index is 4890. The molecule has 0 radical (unpaired) electrons. The summed E-state index contributed by atoms with van der Waals surface area (Å²) >= 11 is 7.98. The maximum absolute atomic E-state index is 13.7. The van der Waals surface area contributed by atoms with E-state index >= 15 is 0 Å². The highest BCUT2D eigenvalue weighted by Crippen LogP contribution is 2.40. The quantitative estimate of drug-likeness (QED) is 0.0237. The minimum absolute atomic E-state index is 0.0248. The predicted molar refractivity (Wildman–Crippen MR) is 454 cm³/mol. The lowest BCUT2D eigenvalue weighted by molar-refractivity contribution is -0.123. The summed E-state index contributed by atoms with van der Waals surface area (Å²) in [7, 11) is 8.10.